The van der Waals surface area contributed by atoms with Gasteiger partial charge in [0.15, 0.2) is 0 Å². The van der Waals surface area contributed by atoms with Gasteiger partial charge in [0.2, 0.25) is 0 Å². The van der Waals surface area contributed by atoms with Gasteiger partial charge in [-0.2, -0.15) is 0 Å². The Morgan fingerprint density at radius 3 is 0.829 bits per heavy atom. The van der Waals surface area contributed by atoms with Crippen molar-refractivity contribution in [2.45, 2.75) is 194 Å². The Labute approximate surface area is 487 Å². The molecule has 0 fully saturated rings. The summed E-state index contributed by atoms with van der Waals surface area (Å²) in [7, 11) is 2.71. The van der Waals surface area contributed by atoms with Crippen molar-refractivity contribution in [3.05, 3.63) is 175 Å². The molecule has 7 rings (SSSR count). The highest BCUT2D eigenvalue weighted by Crippen LogP contribution is 2.48. The summed E-state index contributed by atoms with van der Waals surface area (Å²) in [5.74, 6) is -0.605. The fourth-order valence-corrected chi connectivity index (χ4v) is 11.5. The van der Waals surface area contributed by atoms with Gasteiger partial charge in [-0.25, -0.2) is 0 Å². The third-order valence-electron chi connectivity index (χ3n) is 16.9. The third-order valence-corrected chi connectivity index (χ3v) is 16.9. The molecule has 0 saturated heterocycles. The lowest BCUT2D eigenvalue weighted by atomic mass is 9.72. The molecule has 6 aromatic carbocycles. The highest BCUT2D eigenvalue weighted by atomic mass is 16.5. The van der Waals surface area contributed by atoms with E-state index in [0.29, 0.717) is 44.5 Å². The molecule has 0 saturated carbocycles. The highest BCUT2D eigenvalue weighted by molar-refractivity contribution is 5.77. The van der Waals surface area contributed by atoms with Gasteiger partial charge in [0.05, 0.1) is 14.2 Å². The topological polar surface area (TPSA) is 180 Å². The average molecular weight is 1120 g/mol. The predicted molar refractivity (Wildman–Crippen MR) is 325 cm³/mol. The lowest BCUT2D eigenvalue weighted by Crippen LogP contribution is -2.43. The van der Waals surface area contributed by atoms with E-state index in [-0.39, 0.29) is 73.5 Å². The zero-order chi connectivity index (χ0) is 61.0. The van der Waals surface area contributed by atoms with Crippen molar-refractivity contribution in [1.82, 2.24) is 9.80 Å². The largest absolute Gasteiger partial charge is 0.508 e. The Morgan fingerprint density at radius 1 is 0.415 bits per heavy atom. The zero-order valence-corrected chi connectivity index (χ0v) is 51.8. The summed E-state index contributed by atoms with van der Waals surface area (Å²) in [6, 6.07) is 27.7. The molecule has 2 atom stereocenters. The molecular weight excluding hydrogens is 1030 g/mol. The van der Waals surface area contributed by atoms with E-state index in [1.807, 2.05) is 141 Å². The number of esters is 2. The molecule has 0 aliphatic carbocycles. The Balaban J connectivity index is 1.64. The van der Waals surface area contributed by atoms with E-state index in [1.54, 1.807) is 48.5 Å². The summed E-state index contributed by atoms with van der Waals surface area (Å²) < 4.78 is 11.3. The SMILES string of the molecule is COC(=O)C(Cc1ccc(O)cc1)N1Cc2cc(cc(C(C)(C)C)c2O)C(C)(C)c2cc(c(O)c(C(C)(C)C)c2)CN(C(Cc2ccc(O)cc2)C(=O)OC)Cc2cc(cc(C(C)(C)C)c2O)C(C)(C)c2cc(c(O)c(C(C)(C)C)c2)C1. The molecule has 12 nitrogen and oxygen atoms in total. The number of nitrogens with zero attached hydrogens (tertiary/aromatic N) is 2. The number of phenols is 6. The van der Waals surface area contributed by atoms with Crippen molar-refractivity contribution in [2.75, 3.05) is 14.2 Å². The van der Waals surface area contributed by atoms with Crippen LogP contribution < -0.4 is 0 Å². The molecule has 8 bridgehead atoms. The van der Waals surface area contributed by atoms with E-state index in [1.165, 1.54) is 14.2 Å². The summed E-state index contributed by atoms with van der Waals surface area (Å²) in [5, 5.41) is 71.6. The molecule has 82 heavy (non-hydrogen) atoms. The maximum atomic E-state index is 14.5. The monoisotopic (exact) mass is 1120 g/mol. The highest BCUT2D eigenvalue weighted by Gasteiger charge is 2.39. The standard InChI is InChI=1S/C70H90N2O10/c1-65(2,3)53-33-47-29-43(59(53)75)37-71(57(63(79)81-17)27-41-19-23-51(73)24-20-41)38-45-31-49(35-55(61(45)77)67(7,8)9)70(15,16)50-32-46(62(78)56(36-50)68(10,11)12)40-72(58(64(80)82-18)28-42-21-25-52(74)26-22-42)39-44-30-48(69(47,13)14)34-54(60(44)76)66(4,5)6/h19-26,29-36,57-58,73-78H,27-28,37-40H2,1-18H3. The van der Waals surface area contributed by atoms with Gasteiger partial charge in [-0.05, 0) is 139 Å². The van der Waals surface area contributed by atoms with Crippen molar-refractivity contribution in [3.8, 4) is 34.5 Å². The summed E-state index contributed by atoms with van der Waals surface area (Å²) in [6.07, 6.45) is 0.341. The van der Waals surface area contributed by atoms with Gasteiger partial charge in [-0.3, -0.25) is 19.4 Å². The Hall–Kier alpha value is -7.02. The third kappa shape index (κ3) is 13.2. The number of benzene rings is 6. The van der Waals surface area contributed by atoms with Gasteiger partial charge in [0, 0.05) is 59.3 Å². The predicted octanol–water partition coefficient (Wildman–Crippen LogP) is 13.6. The van der Waals surface area contributed by atoms with Crippen LogP contribution >= 0.6 is 0 Å². The lowest BCUT2D eigenvalue weighted by Gasteiger charge is -2.37. The molecule has 2 unspecified atom stereocenters. The van der Waals surface area contributed by atoms with E-state index in [0.717, 1.165) is 33.4 Å². The van der Waals surface area contributed by atoms with Crippen molar-refractivity contribution in [1.29, 1.82) is 0 Å². The van der Waals surface area contributed by atoms with Gasteiger partial charge in [0.25, 0.3) is 0 Å². The normalized spacial score (nSPS) is 16.2. The number of phenolic OH excluding ortho intramolecular Hbond substituents is 6. The molecule has 6 N–H and O–H groups in total. The summed E-state index contributed by atoms with van der Waals surface area (Å²) in [6.45, 7) is 33.1. The van der Waals surface area contributed by atoms with Gasteiger partial charge >= 0.3 is 11.9 Å². The van der Waals surface area contributed by atoms with E-state index < -0.39 is 56.5 Å². The lowest BCUT2D eigenvalue weighted by molar-refractivity contribution is -0.148. The number of hydrogen-bond acceptors (Lipinski definition) is 12. The number of carbonyl (C=O) groups excluding carboxylic acids is 2. The van der Waals surface area contributed by atoms with Crippen molar-refractivity contribution >= 4 is 11.9 Å². The molecule has 1 aliphatic rings. The van der Waals surface area contributed by atoms with Crippen LogP contribution in [0, 0.1) is 0 Å². The zero-order valence-electron chi connectivity index (χ0n) is 51.8. The van der Waals surface area contributed by atoms with Crippen LogP contribution in [0.1, 0.15) is 189 Å². The van der Waals surface area contributed by atoms with Crippen LogP contribution in [0.5, 0.6) is 34.5 Å². The second-order valence-electron chi connectivity index (χ2n) is 28.0. The molecule has 0 amide bonds. The molecule has 0 spiro atoms. The van der Waals surface area contributed by atoms with Crippen LogP contribution in [0.25, 0.3) is 0 Å². The molecule has 0 radical (unpaired) electrons. The number of ether oxygens (including phenoxy) is 2. The quantitative estimate of drug-likeness (QED) is 0.0795. The maximum Gasteiger partial charge on any atom is 0.323 e. The van der Waals surface area contributed by atoms with Gasteiger partial charge in [0.1, 0.15) is 46.6 Å². The van der Waals surface area contributed by atoms with Crippen LogP contribution in [-0.4, -0.2) is 78.7 Å². The van der Waals surface area contributed by atoms with Crippen LogP contribution in [0.15, 0.2) is 97.1 Å². The number of rotatable bonds is 8. The fourth-order valence-electron chi connectivity index (χ4n) is 11.5. The van der Waals surface area contributed by atoms with Gasteiger partial charge < -0.3 is 40.1 Å². The molecule has 440 valence electrons. The van der Waals surface area contributed by atoms with Crippen molar-refractivity contribution in [2.24, 2.45) is 0 Å². The summed E-state index contributed by atoms with van der Waals surface area (Å²) >= 11 is 0. The molecule has 0 aromatic heterocycles. The van der Waals surface area contributed by atoms with Crippen LogP contribution in [0.4, 0.5) is 0 Å². The number of hydrogen-bond donors (Lipinski definition) is 6. The van der Waals surface area contributed by atoms with E-state index in [9.17, 15) is 40.2 Å². The Kier molecular flexibility index (Phi) is 17.5. The Morgan fingerprint density at radius 2 is 0.634 bits per heavy atom. The molecular formula is C70H90N2O10. The number of fused-ring (bicyclic) bond motifs is 8. The minimum atomic E-state index is -0.954. The smallest absolute Gasteiger partial charge is 0.323 e. The maximum absolute atomic E-state index is 14.5. The first-order valence-corrected chi connectivity index (χ1v) is 28.5. The van der Waals surface area contributed by atoms with Crippen molar-refractivity contribution in [3.63, 3.8) is 0 Å². The van der Waals surface area contributed by atoms with E-state index in [2.05, 4.69) is 27.7 Å². The van der Waals surface area contributed by atoms with Crippen molar-refractivity contribution < 1.29 is 49.7 Å². The molecule has 1 heterocycles. The Bertz CT molecular complexity index is 2950. The number of carbonyl (C=O) groups is 2. The number of methoxy groups -OCH3 is 2. The van der Waals surface area contributed by atoms with E-state index in [4.69, 9.17) is 9.47 Å². The first-order valence-electron chi connectivity index (χ1n) is 28.5. The first kappa shape index (κ1) is 62.6. The minimum Gasteiger partial charge on any atom is -0.508 e. The second-order valence-corrected chi connectivity index (χ2v) is 28.0. The fraction of sp³-hybridized carbons (Fsp3) is 0.457. The van der Waals surface area contributed by atoms with Crippen LogP contribution in [0.2, 0.25) is 0 Å². The van der Waals surface area contributed by atoms with E-state index >= 15 is 0 Å². The molecule has 1 aliphatic heterocycles. The molecule has 6 aromatic rings. The average Bonchev–Trinajstić information content (AvgIpc) is 3.11. The summed E-state index contributed by atoms with van der Waals surface area (Å²) in [4.78, 5) is 33.0. The molecule has 12 heteroatoms. The number of aromatic hydroxyl groups is 6. The van der Waals surface area contributed by atoms with Gasteiger partial charge in [-0.1, -0.05) is 159 Å². The first-order chi connectivity index (χ1) is 37.9. The summed E-state index contributed by atoms with van der Waals surface area (Å²) in [5.41, 5.74) is 5.79. The minimum absolute atomic E-state index is 0.0316. The second kappa shape index (κ2) is 23.0. The van der Waals surface area contributed by atoms with Gasteiger partial charge in [-0.15, -0.1) is 0 Å². The van der Waals surface area contributed by atoms with Crippen LogP contribution in [0.3, 0.4) is 0 Å². The van der Waals surface area contributed by atoms with Crippen LogP contribution in [-0.2, 0) is 90.6 Å².